The van der Waals surface area contributed by atoms with Gasteiger partial charge in [0.15, 0.2) is 0 Å². The van der Waals surface area contributed by atoms with Crippen LogP contribution in [0.2, 0.25) is 15.2 Å². The quantitative estimate of drug-likeness (QED) is 0.249. The third-order valence-electron chi connectivity index (χ3n) is 4.57. The molecule has 0 aromatic carbocycles. The lowest BCUT2D eigenvalue weighted by Crippen LogP contribution is -2.29. The Bertz CT molecular complexity index is 1300. The lowest BCUT2D eigenvalue weighted by atomic mass is 9.82. The summed E-state index contributed by atoms with van der Waals surface area (Å²) in [6, 6.07) is 10.8. The molecular weight excluding hydrogens is 517 g/mol. The second kappa shape index (κ2) is 14.5. The first-order chi connectivity index (χ1) is 17.1. The Kier molecular flexibility index (Phi) is 11.7. The molecule has 0 radical (unpaired) electrons. The fourth-order valence-electron chi connectivity index (χ4n) is 2.56. The first-order valence-electron chi connectivity index (χ1n) is 10.6. The molecule has 0 saturated heterocycles. The summed E-state index contributed by atoms with van der Waals surface area (Å²) in [5.74, 6) is 0. The molecule has 4 aromatic heterocycles. The van der Waals surface area contributed by atoms with Gasteiger partial charge < -0.3 is 10.0 Å². The number of aryl methyl sites for hydroxylation is 2. The molecule has 6 nitrogen and oxygen atoms in total. The van der Waals surface area contributed by atoms with Crippen LogP contribution in [0.1, 0.15) is 22.5 Å². The Morgan fingerprint density at radius 2 is 1.28 bits per heavy atom. The SMILES string of the molecule is C=Cc1cnc(-c2ccc(C)nc2)c(Cl)c1.C=Cc1cnc(Cl)c(Cl)c1.Cc1ccc(B(O)O)cn1. The van der Waals surface area contributed by atoms with E-state index in [1.54, 1.807) is 48.9 Å². The van der Waals surface area contributed by atoms with Crippen molar-refractivity contribution >= 4 is 59.5 Å². The van der Waals surface area contributed by atoms with Crippen LogP contribution >= 0.6 is 34.8 Å². The molecule has 0 fully saturated rings. The van der Waals surface area contributed by atoms with E-state index in [0.717, 1.165) is 33.8 Å². The van der Waals surface area contributed by atoms with Gasteiger partial charge in [-0.15, -0.1) is 0 Å². The zero-order valence-electron chi connectivity index (χ0n) is 19.7. The number of pyridine rings is 4. The van der Waals surface area contributed by atoms with E-state index in [2.05, 4.69) is 33.1 Å². The maximum absolute atomic E-state index is 8.63. The second-order valence-electron chi connectivity index (χ2n) is 7.34. The molecule has 4 heterocycles. The lowest BCUT2D eigenvalue weighted by molar-refractivity contribution is 0.425. The molecule has 0 spiro atoms. The van der Waals surface area contributed by atoms with Crippen LogP contribution in [0.4, 0.5) is 0 Å². The number of halogens is 3. The largest absolute Gasteiger partial charge is 0.490 e. The number of hydrogen-bond donors (Lipinski definition) is 2. The summed E-state index contributed by atoms with van der Waals surface area (Å²) in [7, 11) is -1.41. The standard InChI is InChI=1S/C13H11ClN2.C7H5Cl2N.C6H8BNO2/c1-3-10-6-12(14)13(16-7-10)11-5-4-9(2)15-8-11;1-2-5-3-6(8)7(9)10-4-5;1-5-2-3-6(4-8-5)7(9)10/h3-8H,1H2,2H3;2-4H,1H2;2-4,9-10H,1H3. The van der Waals surface area contributed by atoms with E-state index in [-0.39, 0.29) is 0 Å². The monoisotopic (exact) mass is 540 g/mol. The molecule has 0 unspecified atom stereocenters. The van der Waals surface area contributed by atoms with Crippen LogP contribution < -0.4 is 5.46 Å². The van der Waals surface area contributed by atoms with E-state index >= 15 is 0 Å². The van der Waals surface area contributed by atoms with Crippen molar-refractivity contribution in [3.8, 4) is 11.3 Å². The highest BCUT2D eigenvalue weighted by atomic mass is 35.5. The Morgan fingerprint density at radius 3 is 1.72 bits per heavy atom. The van der Waals surface area contributed by atoms with Crippen LogP contribution in [0.5, 0.6) is 0 Å². The second-order valence-corrected chi connectivity index (χ2v) is 8.52. The molecular formula is C26H24BCl3N4O2. The molecule has 0 atom stereocenters. The van der Waals surface area contributed by atoms with Crippen molar-refractivity contribution in [2.45, 2.75) is 13.8 Å². The van der Waals surface area contributed by atoms with Crippen LogP contribution in [0.3, 0.4) is 0 Å². The molecule has 36 heavy (non-hydrogen) atoms. The van der Waals surface area contributed by atoms with Crippen LogP contribution in [-0.2, 0) is 0 Å². The molecule has 2 N–H and O–H groups in total. The van der Waals surface area contributed by atoms with E-state index in [1.807, 2.05) is 32.0 Å². The predicted octanol–water partition coefficient (Wildman–Crippen LogP) is 5.85. The van der Waals surface area contributed by atoms with E-state index in [0.29, 0.717) is 20.7 Å². The molecule has 0 aliphatic heterocycles. The number of hydrogen-bond acceptors (Lipinski definition) is 6. The zero-order valence-corrected chi connectivity index (χ0v) is 22.0. The highest BCUT2D eigenvalue weighted by Gasteiger charge is 2.09. The Morgan fingerprint density at radius 1 is 0.722 bits per heavy atom. The topological polar surface area (TPSA) is 92.0 Å². The number of nitrogens with zero attached hydrogens (tertiary/aromatic N) is 4. The Hall–Kier alpha value is -3.07. The van der Waals surface area contributed by atoms with Crippen molar-refractivity contribution in [2.24, 2.45) is 0 Å². The molecule has 4 rings (SSSR count). The minimum Gasteiger partial charge on any atom is -0.423 e. The minimum absolute atomic E-state index is 0.326. The van der Waals surface area contributed by atoms with Crippen molar-refractivity contribution in [1.82, 2.24) is 19.9 Å². The Balaban J connectivity index is 0.000000200. The van der Waals surface area contributed by atoms with E-state index in [1.165, 1.54) is 6.20 Å². The first kappa shape index (κ1) is 29.2. The first-order valence-corrected chi connectivity index (χ1v) is 11.7. The van der Waals surface area contributed by atoms with Gasteiger partial charge >= 0.3 is 7.12 Å². The summed E-state index contributed by atoms with van der Waals surface area (Å²) >= 11 is 17.4. The highest BCUT2D eigenvalue weighted by Crippen LogP contribution is 2.26. The highest BCUT2D eigenvalue weighted by molar-refractivity contribution is 6.58. The van der Waals surface area contributed by atoms with E-state index < -0.39 is 7.12 Å². The normalized spacial score (nSPS) is 9.75. The van der Waals surface area contributed by atoms with Gasteiger partial charge in [0, 0.05) is 47.2 Å². The molecule has 0 aliphatic rings. The summed E-state index contributed by atoms with van der Waals surface area (Å²) in [5.41, 5.74) is 5.71. The van der Waals surface area contributed by atoms with Crippen LogP contribution in [0.15, 0.2) is 74.3 Å². The molecule has 0 aliphatic carbocycles. The van der Waals surface area contributed by atoms with Crippen molar-refractivity contribution in [3.05, 3.63) is 112 Å². The molecule has 10 heteroatoms. The van der Waals surface area contributed by atoms with Gasteiger partial charge in [-0.3, -0.25) is 15.0 Å². The van der Waals surface area contributed by atoms with Crippen LogP contribution in [-0.4, -0.2) is 37.1 Å². The van der Waals surface area contributed by atoms with Crippen molar-refractivity contribution in [3.63, 3.8) is 0 Å². The van der Waals surface area contributed by atoms with Gasteiger partial charge in [-0.1, -0.05) is 66.2 Å². The molecule has 4 aromatic rings. The summed E-state index contributed by atoms with van der Waals surface area (Å²) in [6.45, 7) is 11.0. The van der Waals surface area contributed by atoms with Crippen molar-refractivity contribution < 1.29 is 10.0 Å². The third-order valence-corrected chi connectivity index (χ3v) is 5.54. The van der Waals surface area contributed by atoms with Gasteiger partial charge in [-0.25, -0.2) is 4.98 Å². The fourth-order valence-corrected chi connectivity index (χ4v) is 3.13. The maximum atomic E-state index is 8.63. The van der Waals surface area contributed by atoms with Crippen molar-refractivity contribution in [1.29, 1.82) is 0 Å². The molecule has 0 amide bonds. The van der Waals surface area contributed by atoms with Crippen molar-refractivity contribution in [2.75, 3.05) is 0 Å². The third kappa shape index (κ3) is 9.19. The van der Waals surface area contributed by atoms with Gasteiger partial charge in [-0.2, -0.15) is 0 Å². The van der Waals surface area contributed by atoms with Crippen LogP contribution in [0.25, 0.3) is 23.4 Å². The smallest absolute Gasteiger partial charge is 0.423 e. The number of aromatic nitrogens is 4. The fraction of sp³-hybridized carbons (Fsp3) is 0.0769. The minimum atomic E-state index is -1.41. The number of rotatable bonds is 4. The molecule has 0 bridgehead atoms. The van der Waals surface area contributed by atoms with Gasteiger partial charge in [0.1, 0.15) is 5.15 Å². The average molecular weight is 542 g/mol. The van der Waals surface area contributed by atoms with E-state index in [4.69, 9.17) is 44.9 Å². The summed E-state index contributed by atoms with van der Waals surface area (Å²) < 4.78 is 0. The maximum Gasteiger partial charge on any atom is 0.490 e. The molecule has 184 valence electrons. The summed E-state index contributed by atoms with van der Waals surface area (Å²) in [6.07, 6.45) is 9.96. The van der Waals surface area contributed by atoms with E-state index in [9.17, 15) is 0 Å². The Labute approximate surface area is 226 Å². The summed E-state index contributed by atoms with van der Waals surface area (Å²) in [4.78, 5) is 16.2. The molecule has 0 saturated carbocycles. The van der Waals surface area contributed by atoms with Gasteiger partial charge in [0.2, 0.25) is 0 Å². The van der Waals surface area contributed by atoms with Gasteiger partial charge in [0.05, 0.1) is 15.7 Å². The van der Waals surface area contributed by atoms with Gasteiger partial charge in [0.25, 0.3) is 0 Å². The summed E-state index contributed by atoms with van der Waals surface area (Å²) in [5, 5.41) is 18.7. The zero-order chi connectivity index (χ0) is 26.7. The lowest BCUT2D eigenvalue weighted by Gasteiger charge is -2.04. The van der Waals surface area contributed by atoms with Crippen LogP contribution in [0, 0.1) is 13.8 Å². The average Bonchev–Trinajstić information content (AvgIpc) is 2.87. The van der Waals surface area contributed by atoms with Gasteiger partial charge in [-0.05, 0) is 55.3 Å². The predicted molar refractivity (Wildman–Crippen MR) is 150 cm³/mol.